The van der Waals surface area contributed by atoms with E-state index in [1.54, 1.807) is 0 Å². The third-order valence-electron chi connectivity index (χ3n) is 3.47. The Morgan fingerprint density at radius 2 is 1.74 bits per heavy atom. The number of aliphatic hydroxyl groups is 1. The fourth-order valence-corrected chi connectivity index (χ4v) is 2.12. The van der Waals surface area contributed by atoms with Crippen LogP contribution >= 0.6 is 0 Å². The standard InChI is InChI=1S/C14H26N2O3/c1-13(2,3)12(18)15-9-6-11(17)16-10-14(19)7-4-5-8-14/h19H,4-10H2,1-3H3,(H,15,18)(H,16,17). The topological polar surface area (TPSA) is 78.4 Å². The molecule has 5 heteroatoms. The molecule has 0 spiro atoms. The molecule has 0 radical (unpaired) electrons. The summed E-state index contributed by atoms with van der Waals surface area (Å²) >= 11 is 0. The highest BCUT2D eigenvalue weighted by molar-refractivity contribution is 5.82. The Kier molecular flexibility index (Phi) is 5.35. The van der Waals surface area contributed by atoms with Crippen molar-refractivity contribution in [3.63, 3.8) is 0 Å². The van der Waals surface area contributed by atoms with Crippen LogP contribution in [0.1, 0.15) is 52.9 Å². The lowest BCUT2D eigenvalue weighted by Gasteiger charge is -2.22. The maximum Gasteiger partial charge on any atom is 0.225 e. The SMILES string of the molecule is CC(C)(C)C(=O)NCCC(=O)NCC1(O)CCCC1. The first kappa shape index (κ1) is 16.0. The molecule has 19 heavy (non-hydrogen) atoms. The lowest BCUT2D eigenvalue weighted by Crippen LogP contribution is -2.42. The number of hydrogen-bond acceptors (Lipinski definition) is 3. The number of rotatable bonds is 5. The molecule has 0 atom stereocenters. The molecule has 2 amide bonds. The van der Waals surface area contributed by atoms with Gasteiger partial charge in [0.1, 0.15) is 0 Å². The highest BCUT2D eigenvalue weighted by atomic mass is 16.3. The van der Waals surface area contributed by atoms with Gasteiger partial charge in [-0.15, -0.1) is 0 Å². The van der Waals surface area contributed by atoms with Crippen molar-refractivity contribution in [1.29, 1.82) is 0 Å². The van der Waals surface area contributed by atoms with Gasteiger partial charge in [0.05, 0.1) is 5.60 Å². The van der Waals surface area contributed by atoms with Gasteiger partial charge in [0, 0.05) is 24.9 Å². The quantitative estimate of drug-likeness (QED) is 0.696. The average Bonchev–Trinajstić information content (AvgIpc) is 2.73. The first-order chi connectivity index (χ1) is 8.73. The first-order valence-electron chi connectivity index (χ1n) is 7.00. The van der Waals surface area contributed by atoms with Crippen LogP contribution in [-0.2, 0) is 9.59 Å². The van der Waals surface area contributed by atoms with Crippen LogP contribution in [0.2, 0.25) is 0 Å². The number of carbonyl (C=O) groups excluding carboxylic acids is 2. The third-order valence-corrected chi connectivity index (χ3v) is 3.47. The molecule has 110 valence electrons. The van der Waals surface area contributed by atoms with Crippen molar-refractivity contribution in [2.75, 3.05) is 13.1 Å². The minimum atomic E-state index is -0.718. The highest BCUT2D eigenvalue weighted by Crippen LogP contribution is 2.28. The average molecular weight is 270 g/mol. The van der Waals surface area contributed by atoms with Crippen LogP contribution in [0.3, 0.4) is 0 Å². The molecule has 0 heterocycles. The van der Waals surface area contributed by atoms with E-state index >= 15 is 0 Å². The maximum absolute atomic E-state index is 11.6. The summed E-state index contributed by atoms with van der Waals surface area (Å²) in [6.45, 7) is 6.15. The van der Waals surface area contributed by atoms with E-state index in [0.29, 0.717) is 13.1 Å². The summed E-state index contributed by atoms with van der Waals surface area (Å²) in [5.74, 6) is -0.191. The van der Waals surface area contributed by atoms with Crippen molar-refractivity contribution in [2.24, 2.45) is 5.41 Å². The van der Waals surface area contributed by atoms with Crippen LogP contribution in [0.4, 0.5) is 0 Å². The van der Waals surface area contributed by atoms with E-state index in [1.165, 1.54) is 0 Å². The molecule has 0 aromatic heterocycles. The van der Waals surface area contributed by atoms with E-state index in [2.05, 4.69) is 10.6 Å². The molecule has 0 aliphatic heterocycles. The fraction of sp³-hybridized carbons (Fsp3) is 0.857. The van der Waals surface area contributed by atoms with Gasteiger partial charge in [-0.05, 0) is 12.8 Å². The first-order valence-corrected chi connectivity index (χ1v) is 7.00. The largest absolute Gasteiger partial charge is 0.388 e. The second-order valence-corrected chi connectivity index (χ2v) is 6.46. The van der Waals surface area contributed by atoms with Crippen LogP contribution in [0, 0.1) is 5.41 Å². The van der Waals surface area contributed by atoms with Crippen LogP contribution in [-0.4, -0.2) is 35.6 Å². The van der Waals surface area contributed by atoms with Gasteiger partial charge in [-0.25, -0.2) is 0 Å². The lowest BCUT2D eigenvalue weighted by molar-refractivity contribution is -0.128. The maximum atomic E-state index is 11.6. The molecule has 0 aromatic carbocycles. The Hall–Kier alpha value is -1.10. The molecule has 5 nitrogen and oxygen atoms in total. The van der Waals surface area contributed by atoms with Crippen molar-refractivity contribution in [3.05, 3.63) is 0 Å². The Morgan fingerprint density at radius 3 is 2.26 bits per heavy atom. The molecule has 0 aromatic rings. The van der Waals surface area contributed by atoms with E-state index in [1.807, 2.05) is 20.8 Å². The fourth-order valence-electron chi connectivity index (χ4n) is 2.12. The lowest BCUT2D eigenvalue weighted by atomic mass is 9.96. The van der Waals surface area contributed by atoms with E-state index in [-0.39, 0.29) is 18.2 Å². The summed E-state index contributed by atoms with van der Waals surface area (Å²) in [6.07, 6.45) is 3.81. The van der Waals surface area contributed by atoms with Crippen molar-refractivity contribution < 1.29 is 14.7 Å². The second-order valence-electron chi connectivity index (χ2n) is 6.46. The smallest absolute Gasteiger partial charge is 0.225 e. The van der Waals surface area contributed by atoms with E-state index in [9.17, 15) is 14.7 Å². The van der Waals surface area contributed by atoms with Crippen molar-refractivity contribution in [2.45, 2.75) is 58.5 Å². The summed E-state index contributed by atoms with van der Waals surface area (Å²) in [5, 5.41) is 15.5. The summed E-state index contributed by atoms with van der Waals surface area (Å²) in [4.78, 5) is 23.2. The Balaban J connectivity index is 2.16. The molecule has 0 unspecified atom stereocenters. The minimum Gasteiger partial charge on any atom is -0.388 e. The molecule has 1 aliphatic carbocycles. The molecule has 1 aliphatic rings. The summed E-state index contributed by atoms with van der Waals surface area (Å²) in [7, 11) is 0. The molecule has 0 saturated heterocycles. The van der Waals surface area contributed by atoms with E-state index in [0.717, 1.165) is 25.7 Å². The number of carbonyl (C=O) groups is 2. The van der Waals surface area contributed by atoms with Crippen molar-refractivity contribution >= 4 is 11.8 Å². The zero-order valence-corrected chi connectivity index (χ0v) is 12.2. The third kappa shape index (κ3) is 5.59. The Bertz CT molecular complexity index is 328. The highest BCUT2D eigenvalue weighted by Gasteiger charge is 2.31. The molecular formula is C14H26N2O3. The number of nitrogens with one attached hydrogen (secondary N) is 2. The molecule has 1 saturated carbocycles. The molecule has 3 N–H and O–H groups in total. The summed E-state index contributed by atoms with van der Waals surface area (Å²) in [5.41, 5.74) is -1.15. The monoisotopic (exact) mass is 270 g/mol. The zero-order valence-electron chi connectivity index (χ0n) is 12.2. The van der Waals surface area contributed by atoms with Gasteiger partial charge >= 0.3 is 0 Å². The van der Waals surface area contributed by atoms with Crippen LogP contribution in [0.25, 0.3) is 0 Å². The van der Waals surface area contributed by atoms with Crippen LogP contribution in [0.15, 0.2) is 0 Å². The number of amides is 2. The van der Waals surface area contributed by atoms with Gasteiger partial charge in [-0.2, -0.15) is 0 Å². The molecule has 1 rings (SSSR count). The van der Waals surface area contributed by atoms with Crippen molar-refractivity contribution in [3.8, 4) is 0 Å². The van der Waals surface area contributed by atoms with E-state index in [4.69, 9.17) is 0 Å². The summed E-state index contributed by atoms with van der Waals surface area (Å²) < 4.78 is 0. The van der Waals surface area contributed by atoms with Gasteiger partial charge < -0.3 is 15.7 Å². The van der Waals surface area contributed by atoms with Gasteiger partial charge in [0.25, 0.3) is 0 Å². The number of hydrogen-bond donors (Lipinski definition) is 3. The van der Waals surface area contributed by atoms with Gasteiger partial charge in [0.2, 0.25) is 11.8 Å². The Morgan fingerprint density at radius 1 is 1.16 bits per heavy atom. The van der Waals surface area contributed by atoms with Crippen molar-refractivity contribution in [1.82, 2.24) is 10.6 Å². The Labute approximate surface area is 115 Å². The van der Waals surface area contributed by atoms with Gasteiger partial charge in [-0.1, -0.05) is 33.6 Å². The van der Waals surface area contributed by atoms with Gasteiger partial charge in [0.15, 0.2) is 0 Å². The van der Waals surface area contributed by atoms with Crippen LogP contribution < -0.4 is 10.6 Å². The van der Waals surface area contributed by atoms with E-state index < -0.39 is 11.0 Å². The normalized spacial score (nSPS) is 18.1. The molecule has 1 fully saturated rings. The molecule has 0 bridgehead atoms. The second kappa shape index (κ2) is 6.37. The van der Waals surface area contributed by atoms with Gasteiger partial charge in [-0.3, -0.25) is 9.59 Å². The minimum absolute atomic E-state index is 0.0604. The summed E-state index contributed by atoms with van der Waals surface area (Å²) in [6, 6.07) is 0. The van der Waals surface area contributed by atoms with Crippen LogP contribution in [0.5, 0.6) is 0 Å². The zero-order chi connectivity index (χ0) is 14.5. The predicted molar refractivity (Wildman–Crippen MR) is 73.5 cm³/mol. The molecular weight excluding hydrogens is 244 g/mol. The predicted octanol–water partition coefficient (Wildman–Crippen LogP) is 0.960.